The second kappa shape index (κ2) is 5.72. The van der Waals surface area contributed by atoms with Gasteiger partial charge in [-0.15, -0.1) is 0 Å². The van der Waals surface area contributed by atoms with Crippen LogP contribution in [0.1, 0.15) is 16.7 Å². The highest BCUT2D eigenvalue weighted by atomic mass is 79.9. The van der Waals surface area contributed by atoms with Crippen LogP contribution >= 0.6 is 28.1 Å². The molecule has 0 aromatic heterocycles. The quantitative estimate of drug-likeness (QED) is 0.839. The van der Waals surface area contributed by atoms with Crippen molar-refractivity contribution in [3.05, 3.63) is 57.6 Å². The minimum Gasteiger partial charge on any atom is -0.456 e. The van der Waals surface area contributed by atoms with Crippen LogP contribution < -0.4 is 10.5 Å². The summed E-state index contributed by atoms with van der Waals surface area (Å²) in [6.07, 6.45) is 0. The summed E-state index contributed by atoms with van der Waals surface area (Å²) >= 11 is 8.46. The maximum absolute atomic E-state index is 5.92. The Balaban J connectivity index is 2.40. The molecule has 2 nitrogen and oxygen atoms in total. The molecule has 0 spiro atoms. The van der Waals surface area contributed by atoms with E-state index < -0.39 is 0 Å². The summed E-state index contributed by atoms with van der Waals surface area (Å²) in [5.74, 6) is 1.48. The fourth-order valence-electron chi connectivity index (χ4n) is 1.82. The average molecular weight is 336 g/mol. The van der Waals surface area contributed by atoms with Gasteiger partial charge in [0.2, 0.25) is 0 Å². The third-order valence-electron chi connectivity index (χ3n) is 2.76. The Morgan fingerprint density at radius 3 is 2.42 bits per heavy atom. The van der Waals surface area contributed by atoms with Gasteiger partial charge in [0.05, 0.1) is 5.56 Å². The van der Waals surface area contributed by atoms with Gasteiger partial charge in [0.25, 0.3) is 0 Å². The van der Waals surface area contributed by atoms with Crippen molar-refractivity contribution in [2.45, 2.75) is 13.8 Å². The molecular formula is C15H14BrNOS. The summed E-state index contributed by atoms with van der Waals surface area (Å²) < 4.78 is 6.84. The lowest BCUT2D eigenvalue weighted by atomic mass is 10.1. The van der Waals surface area contributed by atoms with Crippen molar-refractivity contribution in [1.82, 2.24) is 0 Å². The summed E-state index contributed by atoms with van der Waals surface area (Å²) in [5.41, 5.74) is 8.74. The Morgan fingerprint density at radius 1 is 1.11 bits per heavy atom. The molecule has 2 N–H and O–H groups in total. The van der Waals surface area contributed by atoms with E-state index in [-0.39, 0.29) is 0 Å². The second-order valence-corrected chi connectivity index (χ2v) is 5.73. The summed E-state index contributed by atoms with van der Waals surface area (Å²) in [5, 5.41) is 0. The summed E-state index contributed by atoms with van der Waals surface area (Å²) in [7, 11) is 0. The number of aryl methyl sites for hydroxylation is 2. The van der Waals surface area contributed by atoms with Gasteiger partial charge < -0.3 is 10.5 Å². The number of benzene rings is 2. The number of nitrogens with two attached hydrogens (primary N) is 1. The largest absolute Gasteiger partial charge is 0.456 e. The van der Waals surface area contributed by atoms with E-state index in [1.165, 1.54) is 5.56 Å². The van der Waals surface area contributed by atoms with Gasteiger partial charge in [-0.1, -0.05) is 45.8 Å². The molecule has 4 heteroatoms. The van der Waals surface area contributed by atoms with E-state index in [0.29, 0.717) is 10.7 Å². The van der Waals surface area contributed by atoms with Crippen LogP contribution in [0.15, 0.2) is 40.9 Å². The first kappa shape index (κ1) is 14.0. The number of hydrogen-bond acceptors (Lipinski definition) is 2. The highest BCUT2D eigenvalue weighted by Crippen LogP contribution is 2.30. The predicted molar refractivity (Wildman–Crippen MR) is 86.0 cm³/mol. The van der Waals surface area contributed by atoms with Crippen molar-refractivity contribution in [2.24, 2.45) is 5.73 Å². The smallest absolute Gasteiger partial charge is 0.137 e. The summed E-state index contributed by atoms with van der Waals surface area (Å²) in [4.78, 5) is 0.320. The second-order valence-electron chi connectivity index (χ2n) is 4.38. The zero-order valence-electron chi connectivity index (χ0n) is 10.7. The molecule has 19 heavy (non-hydrogen) atoms. The van der Waals surface area contributed by atoms with E-state index in [0.717, 1.165) is 21.3 Å². The van der Waals surface area contributed by atoms with Gasteiger partial charge in [-0.05, 0) is 43.7 Å². The van der Waals surface area contributed by atoms with Crippen LogP contribution in [0.25, 0.3) is 0 Å². The van der Waals surface area contributed by atoms with Crippen molar-refractivity contribution in [2.75, 3.05) is 0 Å². The van der Waals surface area contributed by atoms with Gasteiger partial charge >= 0.3 is 0 Å². The molecule has 0 amide bonds. The predicted octanol–water partition coefficient (Wildman–Crippen LogP) is 4.49. The normalized spacial score (nSPS) is 10.3. The molecule has 2 rings (SSSR count). The lowest BCUT2D eigenvalue weighted by Gasteiger charge is -2.13. The van der Waals surface area contributed by atoms with Gasteiger partial charge in [-0.2, -0.15) is 0 Å². The Bertz CT molecular complexity index is 640. The molecule has 2 aromatic rings. The number of hydrogen-bond donors (Lipinski definition) is 1. The summed E-state index contributed by atoms with van der Waals surface area (Å²) in [6, 6.07) is 11.7. The molecule has 0 aliphatic heterocycles. The van der Waals surface area contributed by atoms with Crippen molar-refractivity contribution in [3.8, 4) is 11.5 Å². The van der Waals surface area contributed by atoms with E-state index in [4.69, 9.17) is 22.7 Å². The molecule has 0 aliphatic carbocycles. The van der Waals surface area contributed by atoms with Crippen LogP contribution in [0.4, 0.5) is 0 Å². The zero-order valence-corrected chi connectivity index (χ0v) is 13.1. The highest BCUT2D eigenvalue weighted by molar-refractivity contribution is 9.10. The molecule has 0 radical (unpaired) electrons. The standard InChI is InChI=1S/C15H14BrNOS/c1-9-3-5-13(10(2)7-9)18-14-6-4-11(16)8-12(14)15(17)19/h3-8H,1-2H3,(H2,17,19). The fourth-order valence-corrected chi connectivity index (χ4v) is 2.34. The van der Waals surface area contributed by atoms with Crippen LogP contribution in [-0.2, 0) is 0 Å². The van der Waals surface area contributed by atoms with E-state index in [2.05, 4.69) is 28.9 Å². The van der Waals surface area contributed by atoms with Crippen LogP contribution in [0.2, 0.25) is 0 Å². The molecular weight excluding hydrogens is 322 g/mol. The topological polar surface area (TPSA) is 35.2 Å². The van der Waals surface area contributed by atoms with Crippen molar-refractivity contribution in [1.29, 1.82) is 0 Å². The van der Waals surface area contributed by atoms with Crippen molar-refractivity contribution >= 4 is 33.1 Å². The molecule has 98 valence electrons. The minimum absolute atomic E-state index is 0.320. The van der Waals surface area contributed by atoms with Crippen molar-refractivity contribution in [3.63, 3.8) is 0 Å². The molecule has 0 heterocycles. The number of ether oxygens (including phenoxy) is 1. The van der Waals surface area contributed by atoms with Crippen LogP contribution in [-0.4, -0.2) is 4.99 Å². The Hall–Kier alpha value is -1.39. The monoisotopic (exact) mass is 335 g/mol. The SMILES string of the molecule is Cc1ccc(Oc2ccc(Br)cc2C(N)=S)c(C)c1. The van der Waals surface area contributed by atoms with E-state index in [1.54, 1.807) is 0 Å². The maximum Gasteiger partial charge on any atom is 0.137 e. The van der Waals surface area contributed by atoms with E-state index in [9.17, 15) is 0 Å². The Kier molecular flexibility index (Phi) is 4.22. The van der Waals surface area contributed by atoms with Gasteiger partial charge in [0.15, 0.2) is 0 Å². The highest BCUT2D eigenvalue weighted by Gasteiger charge is 2.09. The zero-order chi connectivity index (χ0) is 14.0. The molecule has 0 saturated carbocycles. The van der Waals surface area contributed by atoms with Gasteiger partial charge in [0, 0.05) is 4.47 Å². The van der Waals surface area contributed by atoms with Crippen LogP contribution in [0.5, 0.6) is 11.5 Å². The number of rotatable bonds is 3. The molecule has 0 fully saturated rings. The van der Waals surface area contributed by atoms with Gasteiger partial charge in [-0.3, -0.25) is 0 Å². The fraction of sp³-hybridized carbons (Fsp3) is 0.133. The molecule has 0 bridgehead atoms. The minimum atomic E-state index is 0.320. The van der Waals surface area contributed by atoms with Gasteiger partial charge in [0.1, 0.15) is 16.5 Å². The van der Waals surface area contributed by atoms with E-state index in [1.807, 2.05) is 37.3 Å². The van der Waals surface area contributed by atoms with E-state index >= 15 is 0 Å². The van der Waals surface area contributed by atoms with Crippen LogP contribution in [0.3, 0.4) is 0 Å². The first-order valence-corrected chi connectivity index (χ1v) is 7.02. The third-order valence-corrected chi connectivity index (χ3v) is 3.47. The molecule has 0 saturated heterocycles. The van der Waals surface area contributed by atoms with Crippen molar-refractivity contribution < 1.29 is 4.74 Å². The molecule has 2 aromatic carbocycles. The van der Waals surface area contributed by atoms with Gasteiger partial charge in [-0.25, -0.2) is 0 Å². The Labute approximate surface area is 126 Å². The van der Waals surface area contributed by atoms with Crippen LogP contribution in [0, 0.1) is 13.8 Å². The first-order valence-electron chi connectivity index (χ1n) is 5.82. The number of thiocarbonyl (C=S) groups is 1. The molecule has 0 atom stereocenters. The lowest BCUT2D eigenvalue weighted by molar-refractivity contribution is 0.477. The third kappa shape index (κ3) is 3.33. The number of halogens is 1. The Morgan fingerprint density at radius 2 is 1.79 bits per heavy atom. The summed E-state index contributed by atoms with van der Waals surface area (Å²) in [6.45, 7) is 4.07. The lowest BCUT2D eigenvalue weighted by Crippen LogP contribution is -2.10. The first-order chi connectivity index (χ1) is 8.97. The maximum atomic E-state index is 5.92. The molecule has 0 unspecified atom stereocenters. The average Bonchev–Trinajstić information content (AvgIpc) is 2.34. The molecule has 0 aliphatic rings.